The molecule has 0 unspecified atom stereocenters. The highest BCUT2D eigenvalue weighted by Crippen LogP contribution is 2.19. The zero-order chi connectivity index (χ0) is 15.2. The summed E-state index contributed by atoms with van der Waals surface area (Å²) in [6.45, 7) is 6.74. The Kier molecular flexibility index (Phi) is 5.32. The third-order valence-electron chi connectivity index (χ3n) is 2.81. The zero-order valence-electron chi connectivity index (χ0n) is 12.8. The molecule has 2 N–H and O–H groups in total. The Balaban J connectivity index is 2.11. The van der Waals surface area contributed by atoms with Gasteiger partial charge in [0.1, 0.15) is 0 Å². The van der Waals surface area contributed by atoms with Gasteiger partial charge >= 0.3 is 6.01 Å². The third-order valence-corrected chi connectivity index (χ3v) is 3.77. The average molecular weight is 307 g/mol. The third kappa shape index (κ3) is 4.29. The first-order valence-electron chi connectivity index (χ1n) is 7.02. The van der Waals surface area contributed by atoms with Crippen LogP contribution >= 0.6 is 11.3 Å². The molecule has 0 fully saturated rings. The van der Waals surface area contributed by atoms with Crippen molar-refractivity contribution in [1.29, 1.82) is 0 Å². The van der Waals surface area contributed by atoms with Crippen LogP contribution in [0.25, 0.3) is 0 Å². The molecule has 7 heteroatoms. The molecule has 114 valence electrons. The second-order valence-electron chi connectivity index (χ2n) is 4.76. The quantitative estimate of drug-likeness (QED) is 0.819. The van der Waals surface area contributed by atoms with E-state index in [0.29, 0.717) is 24.5 Å². The summed E-state index contributed by atoms with van der Waals surface area (Å²) in [6, 6.07) is 2.48. The minimum atomic E-state index is 0.0222. The van der Waals surface area contributed by atoms with Gasteiger partial charge < -0.3 is 15.4 Å². The van der Waals surface area contributed by atoms with Crippen molar-refractivity contribution in [2.24, 2.45) is 0 Å². The number of anilines is 2. The number of nitrogens with one attached hydrogen (secondary N) is 2. The van der Waals surface area contributed by atoms with Gasteiger partial charge in [0.2, 0.25) is 11.9 Å². The molecule has 0 bridgehead atoms. The van der Waals surface area contributed by atoms with Gasteiger partial charge in [-0.3, -0.25) is 0 Å². The molecule has 0 saturated carbocycles. The largest absolute Gasteiger partial charge is 0.461 e. The molecule has 0 radical (unpaired) electrons. The van der Waals surface area contributed by atoms with Crippen molar-refractivity contribution in [2.45, 2.75) is 39.8 Å². The van der Waals surface area contributed by atoms with E-state index in [1.807, 2.05) is 13.8 Å². The standard InChI is InChI=1S/C14H21N5OS/c1-5-10-6-7-21-11(10)8-16-13-17-12(15-4)18-14(19-13)20-9(2)3/h6-7,9H,5,8H2,1-4H3,(H2,15,16,17,18,19). The molecule has 0 atom stereocenters. The van der Waals surface area contributed by atoms with Crippen molar-refractivity contribution >= 4 is 23.2 Å². The first-order valence-corrected chi connectivity index (χ1v) is 7.90. The highest BCUT2D eigenvalue weighted by atomic mass is 32.1. The Bertz CT molecular complexity index is 584. The van der Waals surface area contributed by atoms with E-state index in [1.165, 1.54) is 10.4 Å². The van der Waals surface area contributed by atoms with Gasteiger partial charge in [0.05, 0.1) is 12.6 Å². The van der Waals surface area contributed by atoms with Gasteiger partial charge in [-0.05, 0) is 37.3 Å². The molecule has 0 spiro atoms. The number of ether oxygens (including phenoxy) is 1. The number of aryl methyl sites for hydroxylation is 1. The molecular formula is C14H21N5OS. The Morgan fingerprint density at radius 3 is 2.67 bits per heavy atom. The molecule has 0 saturated heterocycles. The highest BCUT2D eigenvalue weighted by Gasteiger charge is 2.09. The monoisotopic (exact) mass is 307 g/mol. The normalized spacial score (nSPS) is 10.7. The van der Waals surface area contributed by atoms with Crippen LogP contribution in [0.5, 0.6) is 6.01 Å². The Hall–Kier alpha value is -1.89. The van der Waals surface area contributed by atoms with Crippen LogP contribution in [0.4, 0.5) is 11.9 Å². The molecule has 21 heavy (non-hydrogen) atoms. The smallest absolute Gasteiger partial charge is 0.323 e. The van der Waals surface area contributed by atoms with Crippen LogP contribution in [0.3, 0.4) is 0 Å². The van der Waals surface area contributed by atoms with Crippen LogP contribution in [0.2, 0.25) is 0 Å². The van der Waals surface area contributed by atoms with E-state index >= 15 is 0 Å². The summed E-state index contributed by atoms with van der Waals surface area (Å²) in [5, 5.41) is 8.26. The predicted octanol–water partition coefficient (Wildman–Crippen LogP) is 2.94. The lowest BCUT2D eigenvalue weighted by atomic mass is 10.2. The summed E-state index contributed by atoms with van der Waals surface area (Å²) in [5.74, 6) is 1.01. The van der Waals surface area contributed by atoms with Crippen LogP contribution in [-0.2, 0) is 13.0 Å². The molecule has 6 nitrogen and oxygen atoms in total. The van der Waals surface area contributed by atoms with Crippen molar-refractivity contribution < 1.29 is 4.74 Å². The van der Waals surface area contributed by atoms with Crippen molar-refractivity contribution in [3.63, 3.8) is 0 Å². The molecule has 2 heterocycles. The van der Waals surface area contributed by atoms with Gasteiger partial charge in [0.25, 0.3) is 0 Å². The SMILES string of the molecule is CCc1ccsc1CNc1nc(NC)nc(OC(C)C)n1. The fraction of sp³-hybridized carbons (Fsp3) is 0.500. The van der Waals surface area contributed by atoms with E-state index in [-0.39, 0.29) is 6.10 Å². The Labute approximate surface area is 129 Å². The zero-order valence-corrected chi connectivity index (χ0v) is 13.6. The lowest BCUT2D eigenvalue weighted by Crippen LogP contribution is -2.13. The summed E-state index contributed by atoms with van der Waals surface area (Å²) in [6.07, 6.45) is 1.05. The number of nitrogens with zero attached hydrogens (tertiary/aromatic N) is 3. The summed E-state index contributed by atoms with van der Waals surface area (Å²) in [4.78, 5) is 14.1. The van der Waals surface area contributed by atoms with E-state index < -0.39 is 0 Å². The van der Waals surface area contributed by atoms with Crippen LogP contribution in [-0.4, -0.2) is 28.1 Å². The maximum Gasteiger partial charge on any atom is 0.323 e. The minimum absolute atomic E-state index is 0.0222. The van der Waals surface area contributed by atoms with E-state index in [2.05, 4.69) is 44.0 Å². The summed E-state index contributed by atoms with van der Waals surface area (Å²) in [5.41, 5.74) is 1.36. The molecule has 2 aromatic heterocycles. The van der Waals surface area contributed by atoms with Gasteiger partial charge in [-0.25, -0.2) is 0 Å². The maximum atomic E-state index is 5.54. The number of rotatable bonds is 7. The molecule has 2 aromatic rings. The maximum absolute atomic E-state index is 5.54. The number of thiophene rings is 1. The molecular weight excluding hydrogens is 286 g/mol. The van der Waals surface area contributed by atoms with Crippen LogP contribution in [0.15, 0.2) is 11.4 Å². The Morgan fingerprint density at radius 2 is 2.00 bits per heavy atom. The van der Waals surface area contributed by atoms with E-state index in [0.717, 1.165) is 6.42 Å². The lowest BCUT2D eigenvalue weighted by Gasteiger charge is -2.11. The second-order valence-corrected chi connectivity index (χ2v) is 5.76. The lowest BCUT2D eigenvalue weighted by molar-refractivity contribution is 0.222. The summed E-state index contributed by atoms with van der Waals surface area (Å²) >= 11 is 1.74. The van der Waals surface area contributed by atoms with Crippen molar-refractivity contribution in [3.05, 3.63) is 21.9 Å². The fourth-order valence-corrected chi connectivity index (χ4v) is 2.72. The molecule has 0 aliphatic rings. The number of aromatic nitrogens is 3. The number of hydrogen-bond donors (Lipinski definition) is 2. The first-order chi connectivity index (χ1) is 10.1. The summed E-state index contributed by atoms with van der Waals surface area (Å²) < 4.78 is 5.54. The van der Waals surface area contributed by atoms with E-state index in [9.17, 15) is 0 Å². The van der Waals surface area contributed by atoms with E-state index in [4.69, 9.17) is 4.74 Å². The first kappa shape index (κ1) is 15.5. The average Bonchev–Trinajstić information content (AvgIpc) is 2.91. The molecule has 0 aliphatic carbocycles. The fourth-order valence-electron chi connectivity index (χ4n) is 1.81. The minimum Gasteiger partial charge on any atom is -0.461 e. The van der Waals surface area contributed by atoms with Gasteiger partial charge in [-0.2, -0.15) is 15.0 Å². The van der Waals surface area contributed by atoms with Crippen molar-refractivity contribution in [2.75, 3.05) is 17.7 Å². The second kappa shape index (κ2) is 7.21. The highest BCUT2D eigenvalue weighted by molar-refractivity contribution is 7.10. The molecule has 0 aromatic carbocycles. The van der Waals surface area contributed by atoms with Gasteiger partial charge in [0.15, 0.2) is 0 Å². The number of hydrogen-bond acceptors (Lipinski definition) is 7. The van der Waals surface area contributed by atoms with Gasteiger partial charge in [-0.1, -0.05) is 6.92 Å². The predicted molar refractivity (Wildman–Crippen MR) is 86.2 cm³/mol. The molecule has 0 aliphatic heterocycles. The molecule has 0 amide bonds. The Morgan fingerprint density at radius 1 is 1.24 bits per heavy atom. The van der Waals surface area contributed by atoms with Crippen LogP contribution < -0.4 is 15.4 Å². The van der Waals surface area contributed by atoms with Crippen molar-refractivity contribution in [1.82, 2.24) is 15.0 Å². The van der Waals surface area contributed by atoms with Gasteiger partial charge in [0, 0.05) is 11.9 Å². The van der Waals surface area contributed by atoms with Gasteiger partial charge in [-0.15, -0.1) is 11.3 Å². The van der Waals surface area contributed by atoms with Crippen LogP contribution in [0, 0.1) is 0 Å². The topological polar surface area (TPSA) is 72.0 Å². The molecule has 2 rings (SSSR count). The van der Waals surface area contributed by atoms with Crippen molar-refractivity contribution in [3.8, 4) is 6.01 Å². The van der Waals surface area contributed by atoms with Crippen LogP contribution in [0.1, 0.15) is 31.2 Å². The summed E-state index contributed by atoms with van der Waals surface area (Å²) in [7, 11) is 1.77. The van der Waals surface area contributed by atoms with E-state index in [1.54, 1.807) is 18.4 Å².